The Hall–Kier alpha value is -2.92. The fraction of sp³-hybridized carbons (Fsp3) is 0.238. The topological polar surface area (TPSA) is 56.2 Å². The summed E-state index contributed by atoms with van der Waals surface area (Å²) >= 11 is 0. The standard InChI is InChI=1S/C21H21N3O2/c1-15-22-10-11-24(15)14-16-5-4-7-18(13-16)23-21(25)20-19-8-3-2-6-17(19)9-12-26-20/h2-8,10-11,13,20H,9,12,14H2,1H3,(H,23,25). The van der Waals surface area contributed by atoms with Crippen molar-refractivity contribution < 1.29 is 9.53 Å². The molecule has 1 aliphatic heterocycles. The molecule has 1 N–H and O–H groups in total. The Morgan fingerprint density at radius 2 is 2.15 bits per heavy atom. The largest absolute Gasteiger partial charge is 0.363 e. The van der Waals surface area contributed by atoms with E-state index in [9.17, 15) is 4.79 Å². The molecule has 1 aromatic heterocycles. The van der Waals surface area contributed by atoms with Crippen LogP contribution in [0.4, 0.5) is 5.69 Å². The molecular weight excluding hydrogens is 326 g/mol. The van der Waals surface area contributed by atoms with Gasteiger partial charge < -0.3 is 14.6 Å². The highest BCUT2D eigenvalue weighted by atomic mass is 16.5. The van der Waals surface area contributed by atoms with Gasteiger partial charge in [-0.1, -0.05) is 36.4 Å². The first kappa shape index (κ1) is 16.5. The SMILES string of the molecule is Cc1nccn1Cc1cccc(NC(=O)C2OCCc3ccccc32)c1. The van der Waals surface area contributed by atoms with Crippen molar-refractivity contribution in [1.82, 2.24) is 9.55 Å². The van der Waals surface area contributed by atoms with E-state index in [0.717, 1.165) is 35.6 Å². The molecule has 0 spiro atoms. The maximum atomic E-state index is 12.8. The minimum atomic E-state index is -0.556. The van der Waals surface area contributed by atoms with E-state index in [4.69, 9.17) is 4.74 Å². The fourth-order valence-electron chi connectivity index (χ4n) is 3.33. The Labute approximate surface area is 152 Å². The van der Waals surface area contributed by atoms with Crippen LogP contribution in [0.15, 0.2) is 60.9 Å². The molecule has 0 bridgehead atoms. The monoisotopic (exact) mass is 347 g/mol. The lowest BCUT2D eigenvalue weighted by atomic mass is 9.97. The van der Waals surface area contributed by atoms with Crippen LogP contribution in [0.25, 0.3) is 0 Å². The third-order valence-corrected chi connectivity index (χ3v) is 4.70. The normalized spacial score (nSPS) is 16.1. The number of amides is 1. The number of carbonyl (C=O) groups is 1. The summed E-state index contributed by atoms with van der Waals surface area (Å²) in [6, 6.07) is 15.9. The second-order valence-corrected chi connectivity index (χ2v) is 6.49. The molecule has 1 amide bonds. The van der Waals surface area contributed by atoms with E-state index in [0.29, 0.717) is 6.61 Å². The maximum absolute atomic E-state index is 12.8. The van der Waals surface area contributed by atoms with Crippen molar-refractivity contribution in [3.05, 3.63) is 83.4 Å². The van der Waals surface area contributed by atoms with Crippen molar-refractivity contribution in [3.8, 4) is 0 Å². The van der Waals surface area contributed by atoms with E-state index in [1.807, 2.05) is 55.6 Å². The fourth-order valence-corrected chi connectivity index (χ4v) is 3.33. The van der Waals surface area contributed by atoms with Crippen molar-refractivity contribution in [1.29, 1.82) is 0 Å². The molecular formula is C21H21N3O2. The molecule has 5 nitrogen and oxygen atoms in total. The van der Waals surface area contributed by atoms with Gasteiger partial charge in [0.15, 0.2) is 6.10 Å². The second-order valence-electron chi connectivity index (χ2n) is 6.49. The number of carbonyl (C=O) groups excluding carboxylic acids is 1. The molecule has 1 atom stereocenters. The van der Waals surface area contributed by atoms with Gasteiger partial charge in [-0.3, -0.25) is 4.79 Å². The van der Waals surface area contributed by atoms with Crippen LogP contribution in [0, 0.1) is 6.92 Å². The molecule has 0 saturated carbocycles. The van der Waals surface area contributed by atoms with Gasteiger partial charge in [0.2, 0.25) is 0 Å². The summed E-state index contributed by atoms with van der Waals surface area (Å²) in [7, 11) is 0. The van der Waals surface area contributed by atoms with Gasteiger partial charge in [-0.05, 0) is 42.2 Å². The Balaban J connectivity index is 1.50. The number of anilines is 1. The quantitative estimate of drug-likeness (QED) is 0.786. The molecule has 0 fully saturated rings. The van der Waals surface area contributed by atoms with Gasteiger partial charge in [0.25, 0.3) is 5.91 Å². The number of nitrogens with zero attached hydrogens (tertiary/aromatic N) is 2. The van der Waals surface area contributed by atoms with Crippen LogP contribution in [0.2, 0.25) is 0 Å². The molecule has 2 heterocycles. The number of hydrogen-bond acceptors (Lipinski definition) is 3. The maximum Gasteiger partial charge on any atom is 0.258 e. The predicted molar refractivity (Wildman–Crippen MR) is 100.0 cm³/mol. The highest BCUT2D eigenvalue weighted by Crippen LogP contribution is 2.28. The van der Waals surface area contributed by atoms with Gasteiger partial charge in [-0.15, -0.1) is 0 Å². The van der Waals surface area contributed by atoms with Crippen LogP contribution in [-0.2, 0) is 22.5 Å². The van der Waals surface area contributed by atoms with E-state index in [2.05, 4.69) is 20.9 Å². The molecule has 0 radical (unpaired) electrons. The zero-order valence-electron chi connectivity index (χ0n) is 14.7. The number of fused-ring (bicyclic) bond motifs is 1. The van der Waals surface area contributed by atoms with Gasteiger partial charge in [0, 0.05) is 24.6 Å². The van der Waals surface area contributed by atoms with Crippen LogP contribution in [-0.4, -0.2) is 22.1 Å². The number of aromatic nitrogens is 2. The van der Waals surface area contributed by atoms with Gasteiger partial charge in [0.1, 0.15) is 5.82 Å². The number of rotatable bonds is 4. The first-order valence-electron chi connectivity index (χ1n) is 8.77. The van der Waals surface area contributed by atoms with Crippen molar-refractivity contribution in [2.24, 2.45) is 0 Å². The average Bonchev–Trinajstić information content (AvgIpc) is 3.06. The van der Waals surface area contributed by atoms with Crippen molar-refractivity contribution in [3.63, 3.8) is 0 Å². The number of imidazole rings is 1. The highest BCUT2D eigenvalue weighted by Gasteiger charge is 2.27. The summed E-state index contributed by atoms with van der Waals surface area (Å²) in [5.41, 5.74) is 4.02. The number of aryl methyl sites for hydroxylation is 1. The van der Waals surface area contributed by atoms with E-state index < -0.39 is 6.10 Å². The third kappa shape index (κ3) is 3.39. The minimum absolute atomic E-state index is 0.131. The van der Waals surface area contributed by atoms with E-state index in [1.54, 1.807) is 6.20 Å². The molecule has 3 aromatic rings. The minimum Gasteiger partial charge on any atom is -0.363 e. The predicted octanol–water partition coefficient (Wildman–Crippen LogP) is 3.49. The van der Waals surface area contributed by atoms with E-state index in [1.165, 1.54) is 5.56 Å². The van der Waals surface area contributed by atoms with Crippen LogP contribution >= 0.6 is 0 Å². The molecule has 26 heavy (non-hydrogen) atoms. The summed E-state index contributed by atoms with van der Waals surface area (Å²) in [5.74, 6) is 0.833. The van der Waals surface area contributed by atoms with Gasteiger partial charge in [-0.2, -0.15) is 0 Å². The Morgan fingerprint density at radius 3 is 3.00 bits per heavy atom. The molecule has 0 aliphatic carbocycles. The average molecular weight is 347 g/mol. The summed E-state index contributed by atoms with van der Waals surface area (Å²) in [6.07, 6.45) is 4.03. The molecule has 132 valence electrons. The smallest absolute Gasteiger partial charge is 0.258 e. The molecule has 4 rings (SSSR count). The van der Waals surface area contributed by atoms with Crippen molar-refractivity contribution in [2.45, 2.75) is 26.0 Å². The van der Waals surface area contributed by atoms with Crippen LogP contribution < -0.4 is 5.32 Å². The molecule has 5 heteroatoms. The Morgan fingerprint density at radius 1 is 1.27 bits per heavy atom. The number of ether oxygens (including phenoxy) is 1. The lowest BCUT2D eigenvalue weighted by molar-refractivity contribution is -0.128. The number of nitrogens with one attached hydrogen (secondary N) is 1. The van der Waals surface area contributed by atoms with Gasteiger partial charge in [0.05, 0.1) is 6.61 Å². The number of hydrogen-bond donors (Lipinski definition) is 1. The molecule has 1 unspecified atom stereocenters. The van der Waals surface area contributed by atoms with Crippen molar-refractivity contribution >= 4 is 11.6 Å². The van der Waals surface area contributed by atoms with Crippen LogP contribution in [0.5, 0.6) is 0 Å². The van der Waals surface area contributed by atoms with Crippen LogP contribution in [0.3, 0.4) is 0 Å². The molecule has 2 aromatic carbocycles. The van der Waals surface area contributed by atoms with E-state index >= 15 is 0 Å². The molecule has 0 saturated heterocycles. The summed E-state index contributed by atoms with van der Waals surface area (Å²) in [4.78, 5) is 17.0. The zero-order valence-corrected chi connectivity index (χ0v) is 14.7. The summed E-state index contributed by atoms with van der Waals surface area (Å²) in [6.45, 7) is 3.26. The molecule has 1 aliphatic rings. The Bertz CT molecular complexity index is 932. The van der Waals surface area contributed by atoms with Crippen molar-refractivity contribution in [2.75, 3.05) is 11.9 Å². The van der Waals surface area contributed by atoms with Crippen LogP contribution in [0.1, 0.15) is 28.6 Å². The first-order valence-corrected chi connectivity index (χ1v) is 8.77. The highest BCUT2D eigenvalue weighted by molar-refractivity contribution is 5.95. The number of benzene rings is 2. The zero-order chi connectivity index (χ0) is 17.9. The first-order chi connectivity index (χ1) is 12.7. The second kappa shape index (κ2) is 7.14. The van der Waals surface area contributed by atoms with E-state index in [-0.39, 0.29) is 5.91 Å². The summed E-state index contributed by atoms with van der Waals surface area (Å²) < 4.78 is 7.82. The van der Waals surface area contributed by atoms with Gasteiger partial charge in [-0.25, -0.2) is 4.98 Å². The third-order valence-electron chi connectivity index (χ3n) is 4.70. The van der Waals surface area contributed by atoms with Gasteiger partial charge >= 0.3 is 0 Å². The summed E-state index contributed by atoms with van der Waals surface area (Å²) in [5, 5.41) is 3.00. The lowest BCUT2D eigenvalue weighted by Crippen LogP contribution is -2.28. The lowest BCUT2D eigenvalue weighted by Gasteiger charge is -2.25. The Kier molecular flexibility index (Phi) is 4.54.